The van der Waals surface area contributed by atoms with Crippen molar-refractivity contribution in [3.8, 4) is 0 Å². The molecule has 0 unspecified atom stereocenters. The summed E-state index contributed by atoms with van der Waals surface area (Å²) in [7, 11) is 1.85. The van der Waals surface area contributed by atoms with E-state index in [1.807, 2.05) is 34.0 Å². The van der Waals surface area contributed by atoms with Crippen LogP contribution in [0.25, 0.3) is 0 Å². The van der Waals surface area contributed by atoms with Gasteiger partial charge in [-0.3, -0.25) is 4.68 Å². The van der Waals surface area contributed by atoms with Gasteiger partial charge in [0.2, 0.25) is 0 Å². The number of aryl methyl sites for hydroxylation is 1. The molecule has 21 heavy (non-hydrogen) atoms. The van der Waals surface area contributed by atoms with Gasteiger partial charge in [-0.2, -0.15) is 5.10 Å². The molecule has 0 spiro atoms. The lowest BCUT2D eigenvalue weighted by molar-refractivity contribution is 0.418. The molecular weight excluding hydrogens is 269 g/mol. The van der Waals surface area contributed by atoms with Crippen molar-refractivity contribution >= 4 is 5.82 Å². The van der Waals surface area contributed by atoms with Gasteiger partial charge >= 0.3 is 0 Å². The minimum atomic E-state index is -0.307. The van der Waals surface area contributed by atoms with Crippen LogP contribution in [-0.2, 0) is 20.1 Å². The summed E-state index contributed by atoms with van der Waals surface area (Å²) in [6.45, 7) is 7.11. The molecule has 0 aliphatic carbocycles. The Bertz CT molecular complexity index is 600. The van der Waals surface area contributed by atoms with Crippen LogP contribution in [0, 0.1) is 5.82 Å². The normalized spacial score (nSPS) is 11.7. The molecule has 5 nitrogen and oxygen atoms in total. The van der Waals surface area contributed by atoms with Gasteiger partial charge in [0.25, 0.3) is 0 Å². The van der Waals surface area contributed by atoms with Crippen molar-refractivity contribution in [2.24, 2.45) is 7.05 Å². The highest BCUT2D eigenvalue weighted by Crippen LogP contribution is 2.16. The second-order valence-electron chi connectivity index (χ2n) is 6.11. The molecule has 0 radical (unpaired) electrons. The van der Waals surface area contributed by atoms with Crippen LogP contribution < -0.4 is 10.6 Å². The second-order valence-corrected chi connectivity index (χ2v) is 6.11. The number of hydrogen-bond acceptors (Lipinski definition) is 4. The van der Waals surface area contributed by atoms with Crippen LogP contribution in [0.4, 0.5) is 10.2 Å². The van der Waals surface area contributed by atoms with Gasteiger partial charge in [-0.1, -0.05) is 0 Å². The molecule has 114 valence electrons. The lowest BCUT2D eigenvalue weighted by Crippen LogP contribution is -2.35. The molecule has 0 saturated heterocycles. The zero-order valence-electron chi connectivity index (χ0n) is 12.9. The van der Waals surface area contributed by atoms with Gasteiger partial charge in [0.1, 0.15) is 0 Å². The summed E-state index contributed by atoms with van der Waals surface area (Å²) in [5.74, 6) is -0.0368. The van der Waals surface area contributed by atoms with Crippen LogP contribution in [0.3, 0.4) is 0 Å². The maximum absolute atomic E-state index is 14.4. The van der Waals surface area contributed by atoms with E-state index in [1.54, 1.807) is 23.1 Å². The molecule has 0 aliphatic heterocycles. The molecular formula is C15H22FN5. The number of hydrogen-bond donors (Lipinski definition) is 2. The zero-order chi connectivity index (χ0) is 15.5. The average Bonchev–Trinajstić information content (AvgIpc) is 2.81. The maximum Gasteiger partial charge on any atom is 0.169 e. The SMILES string of the molecule is Cn1cc(CNc2nccc(CNC(C)(C)C)c2F)cn1. The number of pyridine rings is 1. The molecule has 0 aromatic carbocycles. The highest BCUT2D eigenvalue weighted by Gasteiger charge is 2.13. The fraction of sp³-hybridized carbons (Fsp3) is 0.467. The van der Waals surface area contributed by atoms with Crippen LogP contribution in [0.15, 0.2) is 24.7 Å². The van der Waals surface area contributed by atoms with E-state index in [-0.39, 0.29) is 17.2 Å². The predicted octanol–water partition coefficient (Wildman–Crippen LogP) is 2.45. The fourth-order valence-electron chi connectivity index (χ4n) is 1.85. The standard InChI is InChI=1S/C15H22FN5/c1-15(2,3)19-9-12-5-6-17-14(13(12)16)18-7-11-8-20-21(4)10-11/h5-6,8,10,19H,7,9H2,1-4H3,(H,17,18). The van der Waals surface area contributed by atoms with Gasteiger partial charge < -0.3 is 10.6 Å². The van der Waals surface area contributed by atoms with E-state index in [0.29, 0.717) is 18.7 Å². The Balaban J connectivity index is 2.03. The Hall–Kier alpha value is -1.95. The van der Waals surface area contributed by atoms with Crippen molar-refractivity contribution in [1.82, 2.24) is 20.1 Å². The number of halogens is 1. The van der Waals surface area contributed by atoms with Crippen LogP contribution in [0.2, 0.25) is 0 Å². The smallest absolute Gasteiger partial charge is 0.169 e. The molecule has 2 aromatic heterocycles. The van der Waals surface area contributed by atoms with Crippen molar-refractivity contribution in [3.63, 3.8) is 0 Å². The third-order valence-corrected chi connectivity index (χ3v) is 3.00. The molecule has 2 N–H and O–H groups in total. The summed E-state index contributed by atoms with van der Waals surface area (Å²) < 4.78 is 16.1. The van der Waals surface area contributed by atoms with Crippen LogP contribution in [0.1, 0.15) is 31.9 Å². The number of nitrogens with one attached hydrogen (secondary N) is 2. The van der Waals surface area contributed by atoms with E-state index in [2.05, 4.69) is 20.7 Å². The largest absolute Gasteiger partial charge is 0.363 e. The first-order chi connectivity index (χ1) is 9.85. The van der Waals surface area contributed by atoms with Crippen molar-refractivity contribution in [2.45, 2.75) is 39.4 Å². The molecule has 0 aliphatic rings. The lowest BCUT2D eigenvalue weighted by atomic mass is 10.1. The highest BCUT2D eigenvalue weighted by molar-refractivity contribution is 5.40. The molecule has 0 atom stereocenters. The van der Waals surface area contributed by atoms with Gasteiger partial charge in [0.05, 0.1) is 6.20 Å². The molecule has 0 amide bonds. The monoisotopic (exact) mass is 291 g/mol. The van der Waals surface area contributed by atoms with Crippen molar-refractivity contribution in [1.29, 1.82) is 0 Å². The number of anilines is 1. The summed E-state index contributed by atoms with van der Waals surface area (Å²) >= 11 is 0. The van der Waals surface area contributed by atoms with E-state index < -0.39 is 0 Å². The van der Waals surface area contributed by atoms with Crippen LogP contribution >= 0.6 is 0 Å². The van der Waals surface area contributed by atoms with Gasteiger partial charge in [-0.25, -0.2) is 9.37 Å². The van der Waals surface area contributed by atoms with E-state index in [4.69, 9.17) is 0 Å². The molecule has 2 heterocycles. The number of aromatic nitrogens is 3. The van der Waals surface area contributed by atoms with Crippen molar-refractivity contribution in [2.75, 3.05) is 5.32 Å². The summed E-state index contributed by atoms with van der Waals surface area (Å²) in [5, 5.41) is 10.4. The Morgan fingerprint density at radius 3 is 2.67 bits per heavy atom. The minimum absolute atomic E-state index is 0.0565. The lowest BCUT2D eigenvalue weighted by Gasteiger charge is -2.21. The molecule has 2 rings (SSSR count). The fourth-order valence-corrected chi connectivity index (χ4v) is 1.85. The number of nitrogens with zero attached hydrogens (tertiary/aromatic N) is 3. The topological polar surface area (TPSA) is 54.8 Å². The Morgan fingerprint density at radius 1 is 1.29 bits per heavy atom. The van der Waals surface area contributed by atoms with E-state index in [9.17, 15) is 4.39 Å². The number of rotatable bonds is 5. The molecule has 2 aromatic rings. The second kappa shape index (κ2) is 6.22. The first-order valence-corrected chi connectivity index (χ1v) is 6.95. The summed E-state index contributed by atoms with van der Waals surface area (Å²) in [5.41, 5.74) is 1.53. The van der Waals surface area contributed by atoms with E-state index >= 15 is 0 Å². The zero-order valence-corrected chi connectivity index (χ0v) is 12.9. The van der Waals surface area contributed by atoms with Crippen LogP contribution in [0.5, 0.6) is 0 Å². The maximum atomic E-state index is 14.4. The van der Waals surface area contributed by atoms with Crippen molar-refractivity contribution < 1.29 is 4.39 Å². The predicted molar refractivity (Wildman–Crippen MR) is 81.3 cm³/mol. The van der Waals surface area contributed by atoms with Gasteiger partial charge in [0.15, 0.2) is 11.6 Å². The first-order valence-electron chi connectivity index (χ1n) is 6.95. The van der Waals surface area contributed by atoms with E-state index in [1.165, 1.54) is 0 Å². The molecule has 0 fully saturated rings. The third kappa shape index (κ3) is 4.53. The van der Waals surface area contributed by atoms with Gasteiger partial charge in [0, 0.05) is 49.2 Å². The third-order valence-electron chi connectivity index (χ3n) is 3.00. The first kappa shape index (κ1) is 15.4. The van der Waals surface area contributed by atoms with Crippen molar-refractivity contribution in [3.05, 3.63) is 41.6 Å². The average molecular weight is 291 g/mol. The molecule has 0 saturated carbocycles. The van der Waals surface area contributed by atoms with Crippen LogP contribution in [-0.4, -0.2) is 20.3 Å². The Morgan fingerprint density at radius 2 is 2.05 bits per heavy atom. The highest BCUT2D eigenvalue weighted by atomic mass is 19.1. The summed E-state index contributed by atoms with van der Waals surface area (Å²) in [4.78, 5) is 4.06. The quantitative estimate of drug-likeness (QED) is 0.888. The Kier molecular flexibility index (Phi) is 4.57. The van der Waals surface area contributed by atoms with Gasteiger partial charge in [-0.05, 0) is 26.8 Å². The minimum Gasteiger partial charge on any atom is -0.363 e. The summed E-state index contributed by atoms with van der Waals surface area (Å²) in [6.07, 6.45) is 5.25. The molecule has 6 heteroatoms. The molecule has 0 bridgehead atoms. The summed E-state index contributed by atoms with van der Waals surface area (Å²) in [6, 6.07) is 1.70. The Labute approximate surface area is 124 Å². The van der Waals surface area contributed by atoms with Gasteiger partial charge in [-0.15, -0.1) is 0 Å². The van der Waals surface area contributed by atoms with E-state index in [0.717, 1.165) is 5.56 Å².